The predicted molar refractivity (Wildman–Crippen MR) is 123 cm³/mol. The van der Waals surface area contributed by atoms with Crippen molar-refractivity contribution in [3.8, 4) is 0 Å². The van der Waals surface area contributed by atoms with Crippen molar-refractivity contribution in [2.75, 3.05) is 26.2 Å². The minimum atomic E-state index is -0.403. The first-order valence-electron chi connectivity index (χ1n) is 11.9. The summed E-state index contributed by atoms with van der Waals surface area (Å²) in [6, 6.07) is 5.73. The molecule has 1 N–H and O–H groups in total. The van der Waals surface area contributed by atoms with E-state index >= 15 is 0 Å². The van der Waals surface area contributed by atoms with Crippen LogP contribution in [0.15, 0.2) is 27.8 Å². The lowest BCUT2D eigenvalue weighted by molar-refractivity contribution is 0.0523. The molecule has 2 heterocycles. The van der Waals surface area contributed by atoms with E-state index in [9.17, 15) is 14.4 Å². The summed E-state index contributed by atoms with van der Waals surface area (Å²) in [5.41, 5.74) is 0.278. The van der Waals surface area contributed by atoms with E-state index in [0.717, 1.165) is 45.4 Å². The first-order chi connectivity index (χ1) is 15.1. The van der Waals surface area contributed by atoms with Crippen LogP contribution in [0.1, 0.15) is 68.6 Å². The summed E-state index contributed by atoms with van der Waals surface area (Å²) in [6.45, 7) is 5.80. The van der Waals surface area contributed by atoms with Crippen LogP contribution in [0.3, 0.4) is 0 Å². The second-order valence-electron chi connectivity index (χ2n) is 8.97. The van der Waals surface area contributed by atoms with Gasteiger partial charge in [0.2, 0.25) is 0 Å². The van der Waals surface area contributed by atoms with Crippen LogP contribution in [-0.4, -0.2) is 57.5 Å². The fraction of sp³-hybridized carbons (Fsp3) is 0.625. The molecule has 2 aromatic rings. The number of unbranched alkanes of at least 4 members (excludes halogenated alkanes) is 2. The normalized spacial score (nSPS) is 18.5. The number of aromatic amines is 1. The molecule has 1 aromatic carbocycles. The van der Waals surface area contributed by atoms with Crippen molar-refractivity contribution < 1.29 is 4.79 Å². The Labute approximate surface area is 183 Å². The van der Waals surface area contributed by atoms with E-state index in [1.165, 1.54) is 36.7 Å². The molecule has 0 unspecified atom stereocenters. The Kier molecular flexibility index (Phi) is 6.90. The van der Waals surface area contributed by atoms with E-state index < -0.39 is 5.69 Å². The Morgan fingerprint density at radius 1 is 1.03 bits per heavy atom. The molecule has 7 nitrogen and oxygen atoms in total. The first-order valence-corrected chi connectivity index (χ1v) is 11.9. The second-order valence-corrected chi connectivity index (χ2v) is 8.97. The van der Waals surface area contributed by atoms with E-state index in [0.29, 0.717) is 29.1 Å². The lowest BCUT2D eigenvalue weighted by Gasteiger charge is -2.40. The molecule has 0 atom stereocenters. The monoisotopic (exact) mass is 426 g/mol. The number of nitrogens with zero attached hydrogens (tertiary/aromatic N) is 3. The van der Waals surface area contributed by atoms with Gasteiger partial charge in [-0.2, -0.15) is 0 Å². The summed E-state index contributed by atoms with van der Waals surface area (Å²) in [4.78, 5) is 45.5. The number of amides is 1. The molecule has 2 fully saturated rings. The number of hydrogen-bond donors (Lipinski definition) is 1. The summed E-state index contributed by atoms with van der Waals surface area (Å²) in [7, 11) is 0. The Balaban J connectivity index is 1.47. The zero-order valence-corrected chi connectivity index (χ0v) is 18.6. The molecule has 0 bridgehead atoms. The molecule has 2 aliphatic rings. The van der Waals surface area contributed by atoms with Gasteiger partial charge in [-0.1, -0.05) is 39.0 Å². The van der Waals surface area contributed by atoms with Crippen molar-refractivity contribution in [3.63, 3.8) is 0 Å². The molecule has 1 amide bonds. The third kappa shape index (κ3) is 4.76. The number of fused-ring (bicyclic) bond motifs is 1. The Hall–Kier alpha value is -2.41. The minimum Gasteiger partial charge on any atom is -0.336 e. The molecule has 168 valence electrons. The van der Waals surface area contributed by atoms with E-state index in [4.69, 9.17) is 0 Å². The van der Waals surface area contributed by atoms with Crippen LogP contribution >= 0.6 is 0 Å². The average molecular weight is 427 g/mol. The zero-order chi connectivity index (χ0) is 21.8. The lowest BCUT2D eigenvalue weighted by Crippen LogP contribution is -2.52. The second kappa shape index (κ2) is 9.81. The number of nitrogens with one attached hydrogen (secondary N) is 1. The van der Waals surface area contributed by atoms with Gasteiger partial charge in [-0.05, 0) is 37.5 Å². The van der Waals surface area contributed by atoms with Crippen LogP contribution in [-0.2, 0) is 6.54 Å². The molecule has 7 heteroatoms. The van der Waals surface area contributed by atoms with Crippen molar-refractivity contribution in [2.45, 2.75) is 70.9 Å². The van der Waals surface area contributed by atoms with Gasteiger partial charge in [0.1, 0.15) is 0 Å². The van der Waals surface area contributed by atoms with Gasteiger partial charge < -0.3 is 9.88 Å². The number of carbonyl (C=O) groups excluding carboxylic acids is 1. The van der Waals surface area contributed by atoms with E-state index in [1.54, 1.807) is 18.2 Å². The fourth-order valence-corrected chi connectivity index (χ4v) is 5.03. The molecule has 0 radical (unpaired) electrons. The van der Waals surface area contributed by atoms with Crippen LogP contribution < -0.4 is 11.2 Å². The quantitative estimate of drug-likeness (QED) is 0.721. The minimum absolute atomic E-state index is 0.0295. The number of rotatable bonds is 6. The standard InChI is InChI=1S/C24H34N4O3/c1-2-3-7-12-28-23(30)20-11-10-18(17-21(20)25-24(28)31)22(29)27-15-13-26(14-16-27)19-8-5-4-6-9-19/h10-11,17,19H,2-9,12-16H2,1H3,(H,25,31). The summed E-state index contributed by atoms with van der Waals surface area (Å²) in [5.74, 6) is -0.0295. The van der Waals surface area contributed by atoms with Crippen LogP contribution in [0.5, 0.6) is 0 Å². The summed E-state index contributed by atoms with van der Waals surface area (Å²) < 4.78 is 1.27. The van der Waals surface area contributed by atoms with Crippen LogP contribution in [0.4, 0.5) is 0 Å². The number of hydrogen-bond acceptors (Lipinski definition) is 4. The van der Waals surface area contributed by atoms with Gasteiger partial charge in [0.25, 0.3) is 11.5 Å². The zero-order valence-electron chi connectivity index (χ0n) is 18.6. The van der Waals surface area contributed by atoms with Crippen LogP contribution in [0.2, 0.25) is 0 Å². The molecular weight excluding hydrogens is 392 g/mol. The van der Waals surface area contributed by atoms with Gasteiger partial charge in [-0.25, -0.2) is 4.79 Å². The van der Waals surface area contributed by atoms with Crippen molar-refractivity contribution in [1.82, 2.24) is 19.4 Å². The molecule has 1 saturated carbocycles. The van der Waals surface area contributed by atoms with Gasteiger partial charge in [0.05, 0.1) is 10.9 Å². The Bertz CT molecular complexity index is 1030. The fourth-order valence-electron chi connectivity index (χ4n) is 5.03. The molecule has 0 spiro atoms. The van der Waals surface area contributed by atoms with Gasteiger partial charge in [-0.3, -0.25) is 19.1 Å². The van der Waals surface area contributed by atoms with E-state index in [-0.39, 0.29) is 11.5 Å². The number of benzene rings is 1. The number of piperazine rings is 1. The Morgan fingerprint density at radius 3 is 2.48 bits per heavy atom. The van der Waals surface area contributed by atoms with Crippen molar-refractivity contribution in [2.24, 2.45) is 0 Å². The largest absolute Gasteiger partial charge is 0.336 e. The molecule has 1 saturated heterocycles. The maximum Gasteiger partial charge on any atom is 0.328 e. The van der Waals surface area contributed by atoms with Crippen LogP contribution in [0, 0.1) is 0 Å². The van der Waals surface area contributed by atoms with Gasteiger partial charge in [0.15, 0.2) is 0 Å². The highest BCUT2D eigenvalue weighted by molar-refractivity contribution is 5.97. The SMILES string of the molecule is CCCCCn1c(=O)[nH]c2cc(C(=O)N3CCN(C4CCCCC4)CC3)ccc2c1=O. The van der Waals surface area contributed by atoms with Crippen molar-refractivity contribution in [1.29, 1.82) is 0 Å². The molecule has 1 aliphatic heterocycles. The molecule has 1 aliphatic carbocycles. The molecular formula is C24H34N4O3. The van der Waals surface area contributed by atoms with Gasteiger partial charge in [-0.15, -0.1) is 0 Å². The lowest BCUT2D eigenvalue weighted by atomic mass is 9.94. The summed E-state index contributed by atoms with van der Waals surface area (Å²) in [6.07, 6.45) is 9.35. The Morgan fingerprint density at radius 2 is 1.77 bits per heavy atom. The van der Waals surface area contributed by atoms with Crippen molar-refractivity contribution >= 4 is 16.8 Å². The molecule has 4 rings (SSSR count). The summed E-state index contributed by atoms with van der Waals surface area (Å²) in [5, 5.41) is 0.453. The molecule has 31 heavy (non-hydrogen) atoms. The van der Waals surface area contributed by atoms with Crippen LogP contribution in [0.25, 0.3) is 10.9 Å². The average Bonchev–Trinajstić information content (AvgIpc) is 2.81. The maximum absolute atomic E-state index is 13.1. The number of H-pyrrole nitrogens is 1. The highest BCUT2D eigenvalue weighted by Gasteiger charge is 2.27. The van der Waals surface area contributed by atoms with E-state index in [1.807, 2.05) is 4.90 Å². The maximum atomic E-state index is 13.1. The number of carbonyl (C=O) groups is 1. The predicted octanol–water partition coefficient (Wildman–Crippen LogP) is 2.97. The first kappa shape index (κ1) is 21.8. The third-order valence-electron chi connectivity index (χ3n) is 6.91. The number of aromatic nitrogens is 2. The topological polar surface area (TPSA) is 78.4 Å². The highest BCUT2D eigenvalue weighted by atomic mass is 16.2. The van der Waals surface area contributed by atoms with Crippen molar-refractivity contribution in [3.05, 3.63) is 44.6 Å². The molecule has 1 aromatic heterocycles. The van der Waals surface area contributed by atoms with Gasteiger partial charge in [0, 0.05) is 44.3 Å². The van der Waals surface area contributed by atoms with Gasteiger partial charge >= 0.3 is 5.69 Å². The summed E-state index contributed by atoms with van der Waals surface area (Å²) >= 11 is 0. The smallest absolute Gasteiger partial charge is 0.328 e. The highest BCUT2D eigenvalue weighted by Crippen LogP contribution is 2.24. The third-order valence-corrected chi connectivity index (χ3v) is 6.91. The van der Waals surface area contributed by atoms with E-state index in [2.05, 4.69) is 16.8 Å².